The van der Waals surface area contributed by atoms with Crippen LogP contribution in [0.5, 0.6) is 0 Å². The molecule has 0 bridgehead atoms. The Morgan fingerprint density at radius 3 is 2.90 bits per heavy atom. The number of rotatable bonds is 4. The Hall–Kier alpha value is -1.52. The van der Waals surface area contributed by atoms with E-state index in [-0.39, 0.29) is 5.91 Å². The molecule has 1 aromatic carbocycles. The van der Waals surface area contributed by atoms with Gasteiger partial charge in [-0.05, 0) is 43.4 Å². The number of benzene rings is 1. The first-order valence-corrected chi connectivity index (χ1v) is 7.61. The number of carbonyl (C=O) groups is 1. The minimum Gasteiger partial charge on any atom is -0.380 e. The van der Waals surface area contributed by atoms with Gasteiger partial charge >= 0.3 is 0 Å². The third-order valence-corrected chi connectivity index (χ3v) is 4.55. The number of hydrogen-bond acceptors (Lipinski definition) is 2. The van der Waals surface area contributed by atoms with Crippen LogP contribution in [0.3, 0.4) is 0 Å². The van der Waals surface area contributed by atoms with Crippen LogP contribution < -0.4 is 5.32 Å². The zero-order valence-corrected chi connectivity index (χ0v) is 12.8. The maximum atomic E-state index is 11.9. The number of aromatic nitrogens is 1. The fourth-order valence-electron chi connectivity index (χ4n) is 2.85. The number of aryl methyl sites for hydroxylation is 1. The van der Waals surface area contributed by atoms with Gasteiger partial charge < -0.3 is 15.0 Å². The summed E-state index contributed by atoms with van der Waals surface area (Å²) in [6.07, 6.45) is 4.87. The number of hydrogen-bond donors (Lipinski definition) is 2. The van der Waals surface area contributed by atoms with Crippen molar-refractivity contribution < 1.29 is 9.90 Å². The quantitative estimate of drug-likeness (QED) is 0.911. The van der Waals surface area contributed by atoms with E-state index < -0.39 is 5.60 Å². The monoisotopic (exact) mass is 306 g/mol. The molecule has 3 rings (SSSR count). The van der Waals surface area contributed by atoms with Crippen molar-refractivity contribution in [2.45, 2.75) is 31.3 Å². The van der Waals surface area contributed by atoms with E-state index in [1.54, 1.807) is 0 Å². The van der Waals surface area contributed by atoms with Gasteiger partial charge in [-0.3, -0.25) is 4.79 Å². The molecule has 0 aliphatic heterocycles. The van der Waals surface area contributed by atoms with E-state index in [4.69, 9.17) is 11.6 Å². The Morgan fingerprint density at radius 1 is 1.48 bits per heavy atom. The lowest BCUT2D eigenvalue weighted by molar-refractivity contribution is -0.148. The summed E-state index contributed by atoms with van der Waals surface area (Å²) in [6.45, 7) is 0.531. The van der Waals surface area contributed by atoms with Crippen LogP contribution in [0, 0.1) is 0 Å². The lowest BCUT2D eigenvalue weighted by Gasteiger charge is -2.34. The molecule has 1 fully saturated rings. The second-order valence-electron chi connectivity index (χ2n) is 5.82. The van der Waals surface area contributed by atoms with Gasteiger partial charge in [0.05, 0.1) is 0 Å². The van der Waals surface area contributed by atoms with Gasteiger partial charge in [0.1, 0.15) is 5.60 Å². The standard InChI is InChI=1S/C16H19ClN2O2/c1-19-10-11(13-4-3-12(17)9-14(13)19)5-8-18-15(20)16(21)6-2-7-16/h3-4,9-10,21H,2,5-8H2,1H3,(H,18,20). The highest BCUT2D eigenvalue weighted by Crippen LogP contribution is 2.31. The second kappa shape index (κ2) is 5.35. The lowest BCUT2D eigenvalue weighted by atomic mass is 9.79. The molecule has 21 heavy (non-hydrogen) atoms. The van der Waals surface area contributed by atoms with Crippen molar-refractivity contribution in [3.05, 3.63) is 35.0 Å². The molecule has 0 spiro atoms. The first-order valence-electron chi connectivity index (χ1n) is 7.24. The van der Waals surface area contributed by atoms with E-state index in [9.17, 15) is 9.90 Å². The second-order valence-corrected chi connectivity index (χ2v) is 6.25. The minimum atomic E-state index is -1.12. The van der Waals surface area contributed by atoms with Gasteiger partial charge in [0.2, 0.25) is 0 Å². The topological polar surface area (TPSA) is 54.3 Å². The molecular formula is C16H19ClN2O2. The van der Waals surface area contributed by atoms with Crippen LogP contribution >= 0.6 is 11.6 Å². The molecule has 4 nitrogen and oxygen atoms in total. The van der Waals surface area contributed by atoms with Crippen LogP contribution in [-0.2, 0) is 18.3 Å². The normalized spacial score (nSPS) is 16.7. The van der Waals surface area contributed by atoms with Gasteiger partial charge in [0.15, 0.2) is 0 Å². The molecule has 2 N–H and O–H groups in total. The number of nitrogens with zero attached hydrogens (tertiary/aromatic N) is 1. The highest BCUT2D eigenvalue weighted by molar-refractivity contribution is 6.31. The van der Waals surface area contributed by atoms with E-state index in [1.165, 1.54) is 5.56 Å². The van der Waals surface area contributed by atoms with Gasteiger partial charge in [0.25, 0.3) is 5.91 Å². The van der Waals surface area contributed by atoms with Gasteiger partial charge in [-0.25, -0.2) is 0 Å². The Balaban J connectivity index is 1.67. The summed E-state index contributed by atoms with van der Waals surface area (Å²) >= 11 is 6.02. The van der Waals surface area contributed by atoms with Gasteiger partial charge in [-0.1, -0.05) is 17.7 Å². The van der Waals surface area contributed by atoms with Crippen LogP contribution in [0.15, 0.2) is 24.4 Å². The summed E-state index contributed by atoms with van der Waals surface area (Å²) in [5, 5.41) is 14.7. The Morgan fingerprint density at radius 2 is 2.24 bits per heavy atom. The largest absolute Gasteiger partial charge is 0.380 e. The van der Waals surface area contributed by atoms with E-state index in [2.05, 4.69) is 11.5 Å². The van der Waals surface area contributed by atoms with Crippen molar-refractivity contribution in [3.63, 3.8) is 0 Å². The molecule has 0 atom stereocenters. The summed E-state index contributed by atoms with van der Waals surface area (Å²) < 4.78 is 2.04. The van der Waals surface area contributed by atoms with Crippen LogP contribution in [0.4, 0.5) is 0 Å². The fourth-order valence-corrected chi connectivity index (χ4v) is 3.02. The number of amides is 1. The highest BCUT2D eigenvalue weighted by atomic mass is 35.5. The predicted octanol–water partition coefficient (Wildman–Crippen LogP) is 2.41. The molecule has 0 saturated heterocycles. The molecule has 1 aliphatic carbocycles. The van der Waals surface area contributed by atoms with Crippen LogP contribution in [0.2, 0.25) is 5.02 Å². The van der Waals surface area contributed by atoms with Gasteiger partial charge in [-0.2, -0.15) is 0 Å². The minimum absolute atomic E-state index is 0.239. The summed E-state index contributed by atoms with van der Waals surface area (Å²) in [4.78, 5) is 11.9. The van der Waals surface area contributed by atoms with Gasteiger partial charge in [0, 0.05) is 35.7 Å². The predicted molar refractivity (Wildman–Crippen MR) is 83.4 cm³/mol. The van der Waals surface area contributed by atoms with E-state index in [0.717, 1.165) is 28.8 Å². The molecule has 2 aromatic rings. The summed E-state index contributed by atoms with van der Waals surface area (Å²) in [7, 11) is 1.98. The van der Waals surface area contributed by atoms with Crippen molar-refractivity contribution in [2.24, 2.45) is 7.05 Å². The van der Waals surface area contributed by atoms with E-state index in [0.29, 0.717) is 19.4 Å². The Kier molecular flexibility index (Phi) is 3.68. The molecular weight excluding hydrogens is 288 g/mol. The molecule has 1 heterocycles. The number of aliphatic hydroxyl groups is 1. The third-order valence-electron chi connectivity index (χ3n) is 4.32. The third kappa shape index (κ3) is 2.65. The maximum absolute atomic E-state index is 11.9. The summed E-state index contributed by atoms with van der Waals surface area (Å²) in [6, 6.07) is 5.83. The van der Waals surface area contributed by atoms with Crippen molar-refractivity contribution in [1.82, 2.24) is 9.88 Å². The average molecular weight is 307 g/mol. The van der Waals surface area contributed by atoms with Crippen molar-refractivity contribution in [3.8, 4) is 0 Å². The number of carbonyl (C=O) groups excluding carboxylic acids is 1. The Bertz CT molecular complexity index is 689. The lowest BCUT2D eigenvalue weighted by Crippen LogP contribution is -2.51. The SMILES string of the molecule is Cn1cc(CCNC(=O)C2(O)CCC2)c2ccc(Cl)cc21. The molecule has 0 unspecified atom stereocenters. The Labute approximate surface area is 128 Å². The fraction of sp³-hybridized carbons (Fsp3) is 0.438. The molecule has 0 radical (unpaired) electrons. The van der Waals surface area contributed by atoms with Crippen molar-refractivity contribution >= 4 is 28.4 Å². The maximum Gasteiger partial charge on any atom is 0.251 e. The van der Waals surface area contributed by atoms with E-state index >= 15 is 0 Å². The summed E-state index contributed by atoms with van der Waals surface area (Å²) in [5.41, 5.74) is 1.14. The highest BCUT2D eigenvalue weighted by Gasteiger charge is 2.41. The molecule has 1 saturated carbocycles. The molecule has 1 aromatic heterocycles. The van der Waals surface area contributed by atoms with Crippen molar-refractivity contribution in [1.29, 1.82) is 0 Å². The first-order chi connectivity index (χ1) is 9.99. The molecule has 1 amide bonds. The van der Waals surface area contributed by atoms with Crippen LogP contribution in [0.25, 0.3) is 10.9 Å². The van der Waals surface area contributed by atoms with Gasteiger partial charge in [-0.15, -0.1) is 0 Å². The molecule has 1 aliphatic rings. The molecule has 5 heteroatoms. The number of fused-ring (bicyclic) bond motifs is 1. The van der Waals surface area contributed by atoms with Crippen LogP contribution in [0.1, 0.15) is 24.8 Å². The van der Waals surface area contributed by atoms with E-state index in [1.807, 2.05) is 29.8 Å². The smallest absolute Gasteiger partial charge is 0.251 e. The first kappa shape index (κ1) is 14.4. The van der Waals surface area contributed by atoms with Crippen LogP contribution in [-0.4, -0.2) is 27.7 Å². The summed E-state index contributed by atoms with van der Waals surface area (Å²) in [5.74, 6) is -0.239. The number of nitrogens with one attached hydrogen (secondary N) is 1. The zero-order chi connectivity index (χ0) is 15.0. The van der Waals surface area contributed by atoms with Crippen molar-refractivity contribution in [2.75, 3.05) is 6.54 Å². The zero-order valence-electron chi connectivity index (χ0n) is 12.0. The molecule has 112 valence electrons. The average Bonchev–Trinajstić information content (AvgIpc) is 2.72. The number of halogens is 1.